The molecule has 236 valence electrons. The van der Waals surface area contributed by atoms with Gasteiger partial charge in [-0.3, -0.25) is 9.69 Å². The number of halogens is 2. The Morgan fingerprint density at radius 3 is 2.69 bits per heavy atom. The van der Waals surface area contributed by atoms with Crippen LogP contribution in [0, 0.1) is 11.3 Å². The summed E-state index contributed by atoms with van der Waals surface area (Å²) in [6, 6.07) is 15.2. The van der Waals surface area contributed by atoms with Crippen molar-refractivity contribution in [2.24, 2.45) is 0 Å². The van der Waals surface area contributed by atoms with Gasteiger partial charge in [-0.1, -0.05) is 35.9 Å². The standard InChI is InChI=1S/C34H39ClFN7O2/c1-23(2)42-17-12-26(42)22-45-34-38-29-21-40(30-9-4-7-24-6-3-8-28(35)32(24)30)16-13-27(29)33(39-34)41-18-19-43(25(20-41)11-15-37)31(44)10-5-14-36/h3-10,23,25-26H,11-14,16-22H2,1-2H3/b10-5+/t25-,26?/m0/s1. The first-order valence-electron chi connectivity index (χ1n) is 15.7. The molecule has 11 heteroatoms. The highest BCUT2D eigenvalue weighted by Crippen LogP contribution is 2.37. The molecule has 0 spiro atoms. The van der Waals surface area contributed by atoms with Crippen LogP contribution >= 0.6 is 11.6 Å². The van der Waals surface area contributed by atoms with Crippen molar-refractivity contribution in [3.05, 3.63) is 64.8 Å². The number of likely N-dealkylation sites (tertiary alicyclic amines) is 1. The molecule has 0 saturated carbocycles. The van der Waals surface area contributed by atoms with Gasteiger partial charge in [-0.05, 0) is 50.3 Å². The Hall–Kier alpha value is -3.94. The number of amides is 1. The fourth-order valence-electron chi connectivity index (χ4n) is 6.81. The molecule has 3 aliphatic heterocycles. The number of benzene rings is 2. The number of allylic oxidation sites excluding steroid dienone is 1. The minimum Gasteiger partial charge on any atom is -0.462 e. The second kappa shape index (κ2) is 13.6. The quantitative estimate of drug-likeness (QED) is 0.299. The van der Waals surface area contributed by atoms with Crippen LogP contribution in [0.2, 0.25) is 5.02 Å². The molecule has 2 saturated heterocycles. The molecule has 1 amide bonds. The largest absolute Gasteiger partial charge is 0.462 e. The number of aromatic nitrogens is 2. The Bertz CT molecular complexity index is 1620. The predicted octanol–water partition coefficient (Wildman–Crippen LogP) is 5.16. The molecular weight excluding hydrogens is 593 g/mol. The van der Waals surface area contributed by atoms with Gasteiger partial charge in [0.1, 0.15) is 19.1 Å². The highest BCUT2D eigenvalue weighted by molar-refractivity contribution is 6.36. The van der Waals surface area contributed by atoms with Gasteiger partial charge in [0.25, 0.3) is 0 Å². The number of hydrogen-bond donors (Lipinski definition) is 0. The number of fused-ring (bicyclic) bond motifs is 2. The van der Waals surface area contributed by atoms with Crippen molar-refractivity contribution < 1.29 is 13.9 Å². The van der Waals surface area contributed by atoms with Crippen LogP contribution < -0.4 is 14.5 Å². The smallest absolute Gasteiger partial charge is 0.318 e. The first-order valence-corrected chi connectivity index (χ1v) is 16.1. The number of nitriles is 1. The van der Waals surface area contributed by atoms with E-state index in [9.17, 15) is 14.4 Å². The summed E-state index contributed by atoms with van der Waals surface area (Å²) in [5.41, 5.74) is 3.03. The van der Waals surface area contributed by atoms with Crippen molar-refractivity contribution in [3.8, 4) is 12.1 Å². The summed E-state index contributed by atoms with van der Waals surface area (Å²) in [6.45, 7) is 7.98. The molecule has 2 atom stereocenters. The first-order chi connectivity index (χ1) is 21.9. The number of ether oxygens (including phenoxy) is 1. The molecule has 4 heterocycles. The number of hydrogen-bond acceptors (Lipinski definition) is 8. The van der Waals surface area contributed by atoms with Crippen LogP contribution in [0.4, 0.5) is 15.9 Å². The fourth-order valence-corrected chi connectivity index (χ4v) is 7.09. The second-order valence-corrected chi connectivity index (χ2v) is 12.6. The maximum atomic E-state index is 12.8. The summed E-state index contributed by atoms with van der Waals surface area (Å²) in [5, 5.41) is 12.4. The van der Waals surface area contributed by atoms with E-state index in [2.05, 4.69) is 58.9 Å². The lowest BCUT2D eigenvalue weighted by Crippen LogP contribution is -2.55. The van der Waals surface area contributed by atoms with Crippen LogP contribution in [0.25, 0.3) is 10.8 Å². The highest BCUT2D eigenvalue weighted by atomic mass is 35.5. The molecule has 0 aliphatic carbocycles. The molecule has 0 radical (unpaired) electrons. The lowest BCUT2D eigenvalue weighted by molar-refractivity contribution is -0.128. The topological polar surface area (TPSA) is 88.8 Å². The molecule has 1 aromatic heterocycles. The molecular formula is C34H39ClFN7O2. The number of rotatable bonds is 9. The molecule has 2 aromatic carbocycles. The van der Waals surface area contributed by atoms with E-state index in [-0.39, 0.29) is 18.4 Å². The Balaban J connectivity index is 1.32. The first kappa shape index (κ1) is 31.1. The zero-order valence-corrected chi connectivity index (χ0v) is 26.6. The van der Waals surface area contributed by atoms with Crippen molar-refractivity contribution >= 4 is 39.8 Å². The third kappa shape index (κ3) is 6.42. The third-order valence-electron chi connectivity index (χ3n) is 9.19. The Labute approximate surface area is 268 Å². The van der Waals surface area contributed by atoms with Crippen molar-refractivity contribution in [2.45, 2.75) is 57.8 Å². The van der Waals surface area contributed by atoms with Crippen LogP contribution in [-0.2, 0) is 17.8 Å². The summed E-state index contributed by atoms with van der Waals surface area (Å²) in [5.74, 6) is 0.523. The van der Waals surface area contributed by atoms with E-state index in [0.29, 0.717) is 55.9 Å². The number of carbonyl (C=O) groups excluding carboxylic acids is 1. The van der Waals surface area contributed by atoms with Gasteiger partial charge in [0.05, 0.1) is 35.8 Å². The van der Waals surface area contributed by atoms with Gasteiger partial charge in [0.15, 0.2) is 0 Å². The van der Waals surface area contributed by atoms with E-state index >= 15 is 0 Å². The Morgan fingerprint density at radius 1 is 1.13 bits per heavy atom. The summed E-state index contributed by atoms with van der Waals surface area (Å²) in [4.78, 5) is 31.3. The minimum absolute atomic E-state index is 0.171. The lowest BCUT2D eigenvalue weighted by Gasteiger charge is -2.43. The van der Waals surface area contributed by atoms with E-state index in [4.69, 9.17) is 26.3 Å². The van der Waals surface area contributed by atoms with Gasteiger partial charge >= 0.3 is 6.01 Å². The van der Waals surface area contributed by atoms with Gasteiger partial charge < -0.3 is 19.4 Å². The molecule has 2 fully saturated rings. The molecule has 6 rings (SSSR count). The lowest BCUT2D eigenvalue weighted by atomic mass is 10.0. The summed E-state index contributed by atoms with van der Waals surface area (Å²) >= 11 is 6.70. The average molecular weight is 632 g/mol. The highest BCUT2D eigenvalue weighted by Gasteiger charge is 2.34. The van der Waals surface area contributed by atoms with Crippen molar-refractivity contribution in [2.75, 3.05) is 55.8 Å². The van der Waals surface area contributed by atoms with Gasteiger partial charge in [-0.25, -0.2) is 4.39 Å². The SMILES string of the molecule is CC(C)N1CCC1COc1nc2c(c(N3CCN(C(=O)/C=C/CF)[C@@H](CC#N)C3)n1)CCN(c1cccc3cccc(Cl)c13)C2. The van der Waals surface area contributed by atoms with E-state index < -0.39 is 6.67 Å². The Morgan fingerprint density at radius 2 is 1.96 bits per heavy atom. The monoisotopic (exact) mass is 631 g/mol. The Kier molecular flexibility index (Phi) is 9.38. The van der Waals surface area contributed by atoms with E-state index in [0.717, 1.165) is 59.5 Å². The van der Waals surface area contributed by atoms with Crippen LogP contribution in [0.5, 0.6) is 6.01 Å². The van der Waals surface area contributed by atoms with Crippen LogP contribution in [0.3, 0.4) is 0 Å². The number of anilines is 2. The van der Waals surface area contributed by atoms with E-state index in [1.54, 1.807) is 4.90 Å². The molecule has 3 aliphatic rings. The predicted molar refractivity (Wildman–Crippen MR) is 175 cm³/mol. The molecule has 45 heavy (non-hydrogen) atoms. The third-order valence-corrected chi connectivity index (χ3v) is 9.51. The van der Waals surface area contributed by atoms with Gasteiger partial charge in [-0.2, -0.15) is 15.2 Å². The maximum absolute atomic E-state index is 12.8. The van der Waals surface area contributed by atoms with Crippen molar-refractivity contribution in [1.82, 2.24) is 19.8 Å². The average Bonchev–Trinajstić information content (AvgIpc) is 3.02. The summed E-state index contributed by atoms with van der Waals surface area (Å²) in [7, 11) is 0. The number of alkyl halides is 1. The number of piperazine rings is 1. The number of nitrogens with zero attached hydrogens (tertiary/aromatic N) is 7. The van der Waals surface area contributed by atoms with Crippen molar-refractivity contribution in [3.63, 3.8) is 0 Å². The van der Waals surface area contributed by atoms with Crippen LogP contribution in [0.15, 0.2) is 48.6 Å². The fraction of sp³-hybridized carbons (Fsp3) is 0.471. The zero-order chi connectivity index (χ0) is 31.5. The maximum Gasteiger partial charge on any atom is 0.318 e. The van der Waals surface area contributed by atoms with E-state index in [1.807, 2.05) is 12.1 Å². The summed E-state index contributed by atoms with van der Waals surface area (Å²) < 4.78 is 19.0. The molecule has 3 aromatic rings. The zero-order valence-electron chi connectivity index (χ0n) is 25.8. The van der Waals surface area contributed by atoms with Crippen LogP contribution in [0.1, 0.15) is 37.9 Å². The van der Waals surface area contributed by atoms with Gasteiger partial charge in [0.2, 0.25) is 5.91 Å². The number of carbonyl (C=O) groups is 1. The van der Waals surface area contributed by atoms with Gasteiger partial charge in [-0.15, -0.1) is 0 Å². The molecule has 0 N–H and O–H groups in total. The summed E-state index contributed by atoms with van der Waals surface area (Å²) in [6.07, 6.45) is 4.43. The molecule has 1 unspecified atom stereocenters. The van der Waals surface area contributed by atoms with Crippen LogP contribution in [-0.4, -0.2) is 89.8 Å². The second-order valence-electron chi connectivity index (χ2n) is 12.2. The molecule has 0 bridgehead atoms. The van der Waals surface area contributed by atoms with E-state index in [1.165, 1.54) is 12.2 Å². The minimum atomic E-state index is -0.706. The van der Waals surface area contributed by atoms with Gasteiger partial charge in [0, 0.05) is 67.5 Å². The molecule has 9 nitrogen and oxygen atoms in total. The normalized spacial score (nSPS) is 20.4. The van der Waals surface area contributed by atoms with Crippen molar-refractivity contribution in [1.29, 1.82) is 5.26 Å².